The van der Waals surface area contributed by atoms with Crippen LogP contribution in [-0.4, -0.2) is 0 Å². The Hall–Kier alpha value is -0.780. The maximum atomic E-state index is 2.37. The predicted molar refractivity (Wildman–Crippen MR) is 77.5 cm³/mol. The van der Waals surface area contributed by atoms with Crippen molar-refractivity contribution >= 4 is 0 Å². The minimum atomic E-state index is 0.214. The molecule has 0 N–H and O–H groups in total. The Labute approximate surface area is 107 Å². The highest BCUT2D eigenvalue weighted by atomic mass is 14.3. The van der Waals surface area contributed by atoms with E-state index in [0.29, 0.717) is 0 Å². The van der Waals surface area contributed by atoms with Crippen molar-refractivity contribution in [3.63, 3.8) is 0 Å². The van der Waals surface area contributed by atoms with Crippen molar-refractivity contribution in [1.82, 2.24) is 0 Å². The lowest BCUT2D eigenvalue weighted by molar-refractivity contribution is 0.567. The Balaban J connectivity index is 3.40. The lowest BCUT2D eigenvalue weighted by Gasteiger charge is -2.26. The van der Waals surface area contributed by atoms with Gasteiger partial charge < -0.3 is 0 Å². The molecule has 0 saturated heterocycles. The van der Waals surface area contributed by atoms with E-state index < -0.39 is 0 Å². The minimum Gasteiger partial charge on any atom is -0.0561 e. The van der Waals surface area contributed by atoms with Crippen molar-refractivity contribution in [1.29, 1.82) is 0 Å². The first-order valence-corrected chi connectivity index (χ1v) is 6.48. The van der Waals surface area contributed by atoms with Crippen LogP contribution in [0.3, 0.4) is 0 Å². The van der Waals surface area contributed by atoms with Gasteiger partial charge in [-0.25, -0.2) is 0 Å². The summed E-state index contributed by atoms with van der Waals surface area (Å²) < 4.78 is 0. The molecule has 0 heteroatoms. The first-order chi connectivity index (χ1) is 7.51. The van der Waals surface area contributed by atoms with Gasteiger partial charge in [-0.3, -0.25) is 0 Å². The molecule has 1 rings (SSSR count). The van der Waals surface area contributed by atoms with Crippen LogP contribution in [0, 0.1) is 5.92 Å². The van der Waals surface area contributed by atoms with Gasteiger partial charge in [-0.2, -0.15) is 0 Å². The summed E-state index contributed by atoms with van der Waals surface area (Å²) in [6.45, 7) is 18.1. The molecule has 0 nitrogen and oxygen atoms in total. The summed E-state index contributed by atoms with van der Waals surface area (Å²) in [5.74, 6) is 1.39. The molecule has 0 saturated carbocycles. The number of rotatable bonds is 1. The van der Waals surface area contributed by atoms with Gasteiger partial charge in [0.05, 0.1) is 0 Å². The summed E-state index contributed by atoms with van der Waals surface area (Å²) in [6.07, 6.45) is 0. The molecule has 0 unspecified atom stereocenters. The minimum absolute atomic E-state index is 0.214. The lowest BCUT2D eigenvalue weighted by Crippen LogP contribution is -2.17. The summed E-state index contributed by atoms with van der Waals surface area (Å²) in [6, 6.07) is 7.04. The molecular weight excluding hydrogens is 204 g/mol. The van der Waals surface area contributed by atoms with Crippen LogP contribution in [0.1, 0.15) is 72.1 Å². The molecule has 0 aliphatic carbocycles. The second-order valence-corrected chi connectivity index (χ2v) is 7.30. The number of hydrogen-bond donors (Lipinski definition) is 0. The van der Waals surface area contributed by atoms with Gasteiger partial charge in [0.2, 0.25) is 0 Å². The van der Waals surface area contributed by atoms with E-state index in [4.69, 9.17) is 0 Å². The zero-order chi connectivity index (χ0) is 13.4. The fraction of sp³-hybridized carbons (Fsp3) is 0.588. The molecule has 0 amide bonds. The normalized spacial score (nSPS) is 13.2. The molecule has 0 aliphatic rings. The highest BCUT2D eigenvalue weighted by molar-refractivity contribution is 5.42. The Morgan fingerprint density at radius 1 is 0.706 bits per heavy atom. The van der Waals surface area contributed by atoms with Gasteiger partial charge in [-0.05, 0) is 33.4 Å². The maximum absolute atomic E-state index is 2.37. The second kappa shape index (κ2) is 4.48. The second-order valence-electron chi connectivity index (χ2n) is 7.30. The fourth-order valence-corrected chi connectivity index (χ4v) is 1.78. The first-order valence-electron chi connectivity index (χ1n) is 6.48. The third-order valence-electron chi connectivity index (χ3n) is 3.24. The zero-order valence-corrected chi connectivity index (χ0v) is 12.7. The molecule has 95 valence electrons. The lowest BCUT2D eigenvalue weighted by atomic mass is 9.78. The molecule has 1 aromatic carbocycles. The van der Waals surface area contributed by atoms with Crippen LogP contribution in [-0.2, 0) is 10.8 Å². The Morgan fingerprint density at radius 3 is 1.29 bits per heavy atom. The molecule has 17 heavy (non-hydrogen) atoms. The monoisotopic (exact) mass is 231 g/mol. The number of benzene rings is 1. The van der Waals surface area contributed by atoms with Crippen LogP contribution in [0.5, 0.6) is 0 Å². The quantitative estimate of drug-likeness (QED) is 0.619. The zero-order valence-electron chi connectivity index (χ0n) is 12.7. The number of hydrogen-bond acceptors (Lipinski definition) is 0. The van der Waals surface area contributed by atoms with E-state index in [9.17, 15) is 0 Å². The van der Waals surface area contributed by atoms with Crippen molar-refractivity contribution in [2.24, 2.45) is 0 Å². The molecule has 0 bridgehead atoms. The fourth-order valence-electron chi connectivity index (χ4n) is 1.78. The highest BCUT2D eigenvalue weighted by Gasteiger charge is 2.20. The van der Waals surface area contributed by atoms with E-state index in [0.717, 1.165) is 0 Å². The topological polar surface area (TPSA) is 0 Å². The summed E-state index contributed by atoms with van der Waals surface area (Å²) in [5, 5.41) is 0. The van der Waals surface area contributed by atoms with Gasteiger partial charge in [0.25, 0.3) is 0 Å². The Kier molecular flexibility index (Phi) is 3.76. The van der Waals surface area contributed by atoms with E-state index in [1.807, 2.05) is 0 Å². The summed E-state index contributed by atoms with van der Waals surface area (Å²) in [5.41, 5.74) is 4.67. The van der Waals surface area contributed by atoms with E-state index in [1.165, 1.54) is 22.6 Å². The van der Waals surface area contributed by atoms with Gasteiger partial charge in [0.1, 0.15) is 0 Å². The highest BCUT2D eigenvalue weighted by Crippen LogP contribution is 2.32. The third kappa shape index (κ3) is 3.59. The average Bonchev–Trinajstić information content (AvgIpc) is 2.14. The largest absolute Gasteiger partial charge is 0.0561 e. The van der Waals surface area contributed by atoms with Crippen molar-refractivity contribution in [3.05, 3.63) is 40.8 Å². The van der Waals surface area contributed by atoms with Crippen LogP contribution >= 0.6 is 0 Å². The van der Waals surface area contributed by atoms with Gasteiger partial charge in [0.15, 0.2) is 0 Å². The van der Waals surface area contributed by atoms with Crippen molar-refractivity contribution in [3.8, 4) is 0 Å². The smallest absolute Gasteiger partial charge is 0.00118 e. The van der Waals surface area contributed by atoms with E-state index in [2.05, 4.69) is 73.6 Å². The Morgan fingerprint density at radius 2 is 1.06 bits per heavy atom. The van der Waals surface area contributed by atoms with E-state index >= 15 is 0 Å². The predicted octanol–water partition coefficient (Wildman–Crippen LogP) is 5.24. The molecule has 0 atom stereocenters. The van der Waals surface area contributed by atoms with Crippen LogP contribution < -0.4 is 0 Å². The molecule has 0 aromatic heterocycles. The van der Waals surface area contributed by atoms with Crippen LogP contribution in [0.4, 0.5) is 0 Å². The van der Waals surface area contributed by atoms with E-state index in [-0.39, 0.29) is 10.8 Å². The molecule has 1 aromatic rings. The van der Waals surface area contributed by atoms with Crippen molar-refractivity contribution in [2.75, 3.05) is 0 Å². The standard InChI is InChI=1S/C17H27/c1-12(2)13-9-14(16(3,4)5)11-15(10-13)17(6,7)8/h9-11H,1-8H3. The van der Waals surface area contributed by atoms with E-state index in [1.54, 1.807) is 0 Å². The molecule has 0 spiro atoms. The van der Waals surface area contributed by atoms with Gasteiger partial charge >= 0.3 is 0 Å². The molecule has 0 aliphatic heterocycles. The van der Waals surface area contributed by atoms with Crippen LogP contribution in [0.25, 0.3) is 0 Å². The first kappa shape index (κ1) is 14.3. The molecule has 0 heterocycles. The van der Waals surface area contributed by atoms with Gasteiger partial charge in [0, 0.05) is 0 Å². The summed E-state index contributed by atoms with van der Waals surface area (Å²) in [4.78, 5) is 0. The summed E-state index contributed by atoms with van der Waals surface area (Å²) in [7, 11) is 0. The molecule has 1 radical (unpaired) electrons. The van der Waals surface area contributed by atoms with Crippen molar-refractivity contribution in [2.45, 2.75) is 66.2 Å². The summed E-state index contributed by atoms with van der Waals surface area (Å²) >= 11 is 0. The molecular formula is C17H27. The van der Waals surface area contributed by atoms with Gasteiger partial charge in [-0.1, -0.05) is 73.6 Å². The van der Waals surface area contributed by atoms with Crippen LogP contribution in [0.2, 0.25) is 0 Å². The van der Waals surface area contributed by atoms with Crippen molar-refractivity contribution < 1.29 is 0 Å². The SMILES string of the molecule is C[C](C)c1cc(C(C)(C)C)cc(C(C)(C)C)c1. The average molecular weight is 231 g/mol. The van der Waals surface area contributed by atoms with Gasteiger partial charge in [-0.15, -0.1) is 0 Å². The Bertz CT molecular complexity index is 351. The van der Waals surface area contributed by atoms with Crippen LogP contribution in [0.15, 0.2) is 18.2 Å². The molecule has 0 fully saturated rings. The third-order valence-corrected chi connectivity index (χ3v) is 3.24. The maximum Gasteiger partial charge on any atom is -0.00118 e.